The molecule has 1 aliphatic heterocycles. The zero-order valence-corrected chi connectivity index (χ0v) is 20.8. The Hall–Kier alpha value is -1.47. The Balaban J connectivity index is 1.42. The molecule has 1 aromatic heterocycles. The van der Waals surface area contributed by atoms with Crippen LogP contribution in [0.2, 0.25) is 0 Å². The SMILES string of the molecule is CC1(C)CCC(C)(C)c2cc(-c3csc(N4CCC(NCC(O)CCO)CC4)n3)ccc21. The van der Waals surface area contributed by atoms with Crippen LogP contribution in [0.15, 0.2) is 23.6 Å². The van der Waals surface area contributed by atoms with E-state index in [0.717, 1.165) is 36.8 Å². The van der Waals surface area contributed by atoms with Crippen LogP contribution in [0.3, 0.4) is 0 Å². The van der Waals surface area contributed by atoms with Gasteiger partial charge in [-0.25, -0.2) is 4.98 Å². The molecular formula is C26H39N3O2S. The molecule has 2 heterocycles. The predicted octanol–water partition coefficient (Wildman–Crippen LogP) is 4.46. The number of piperidine rings is 1. The number of hydrogen-bond acceptors (Lipinski definition) is 6. The molecule has 0 radical (unpaired) electrons. The number of rotatable bonds is 7. The maximum Gasteiger partial charge on any atom is 0.185 e. The Kier molecular flexibility index (Phi) is 6.97. The molecule has 0 saturated carbocycles. The molecule has 2 aliphatic rings. The highest BCUT2D eigenvalue weighted by Gasteiger charge is 2.37. The molecule has 0 bridgehead atoms. The van der Waals surface area contributed by atoms with Gasteiger partial charge in [-0.1, -0.05) is 39.8 Å². The Morgan fingerprint density at radius 2 is 1.81 bits per heavy atom. The van der Waals surface area contributed by atoms with Crippen molar-refractivity contribution in [3.05, 3.63) is 34.7 Å². The first-order chi connectivity index (χ1) is 15.2. The molecule has 1 fully saturated rings. The van der Waals surface area contributed by atoms with E-state index in [1.807, 2.05) is 0 Å². The molecule has 176 valence electrons. The Morgan fingerprint density at radius 1 is 1.12 bits per heavy atom. The number of hydrogen-bond donors (Lipinski definition) is 3. The molecule has 32 heavy (non-hydrogen) atoms. The lowest BCUT2D eigenvalue weighted by molar-refractivity contribution is 0.126. The summed E-state index contributed by atoms with van der Waals surface area (Å²) in [4.78, 5) is 7.41. The normalized spacial score (nSPS) is 21.4. The average Bonchev–Trinajstić information content (AvgIpc) is 3.26. The summed E-state index contributed by atoms with van der Waals surface area (Å²) in [7, 11) is 0. The van der Waals surface area contributed by atoms with Gasteiger partial charge in [-0.3, -0.25) is 0 Å². The predicted molar refractivity (Wildman–Crippen MR) is 134 cm³/mol. The molecule has 0 spiro atoms. The number of benzene rings is 1. The molecule has 4 rings (SSSR count). The highest BCUT2D eigenvalue weighted by Crippen LogP contribution is 2.47. The van der Waals surface area contributed by atoms with E-state index < -0.39 is 6.10 Å². The second kappa shape index (κ2) is 9.41. The number of anilines is 1. The summed E-state index contributed by atoms with van der Waals surface area (Å²) < 4.78 is 0. The lowest BCUT2D eigenvalue weighted by atomic mass is 9.63. The zero-order chi connectivity index (χ0) is 22.9. The smallest absolute Gasteiger partial charge is 0.185 e. The second-order valence-electron chi connectivity index (χ2n) is 10.9. The van der Waals surface area contributed by atoms with Crippen molar-refractivity contribution in [3.8, 4) is 11.3 Å². The molecule has 6 heteroatoms. The number of thiazole rings is 1. The largest absolute Gasteiger partial charge is 0.396 e. The van der Waals surface area contributed by atoms with E-state index >= 15 is 0 Å². The van der Waals surface area contributed by atoms with Crippen LogP contribution < -0.4 is 10.2 Å². The van der Waals surface area contributed by atoms with Crippen molar-refractivity contribution >= 4 is 16.5 Å². The van der Waals surface area contributed by atoms with Crippen LogP contribution in [0, 0.1) is 0 Å². The Bertz CT molecular complexity index is 916. The van der Waals surface area contributed by atoms with Gasteiger partial charge in [-0.15, -0.1) is 11.3 Å². The summed E-state index contributed by atoms with van der Waals surface area (Å²) in [6.45, 7) is 12.0. The summed E-state index contributed by atoms with van der Waals surface area (Å²) >= 11 is 1.74. The van der Waals surface area contributed by atoms with Crippen molar-refractivity contribution in [2.75, 3.05) is 31.1 Å². The van der Waals surface area contributed by atoms with Gasteiger partial charge in [0.25, 0.3) is 0 Å². The highest BCUT2D eigenvalue weighted by atomic mass is 32.1. The Morgan fingerprint density at radius 3 is 2.50 bits per heavy atom. The quantitative estimate of drug-likeness (QED) is 0.573. The maximum absolute atomic E-state index is 9.81. The van der Waals surface area contributed by atoms with Crippen LogP contribution in [-0.2, 0) is 10.8 Å². The third-order valence-corrected chi connectivity index (χ3v) is 8.41. The summed E-state index contributed by atoms with van der Waals surface area (Å²) in [5.74, 6) is 0. The maximum atomic E-state index is 9.81. The van der Waals surface area contributed by atoms with Crippen molar-refractivity contribution in [1.29, 1.82) is 0 Å². The molecular weight excluding hydrogens is 418 g/mol. The topological polar surface area (TPSA) is 68.6 Å². The number of aliphatic hydroxyl groups is 2. The first-order valence-electron chi connectivity index (χ1n) is 12.1. The third-order valence-electron chi connectivity index (χ3n) is 7.51. The van der Waals surface area contributed by atoms with E-state index in [2.05, 4.69) is 61.5 Å². The summed E-state index contributed by atoms with van der Waals surface area (Å²) in [6, 6.07) is 7.41. The molecule has 1 saturated heterocycles. The van der Waals surface area contributed by atoms with Crippen LogP contribution in [0.4, 0.5) is 5.13 Å². The van der Waals surface area contributed by atoms with Gasteiger partial charge in [-0.2, -0.15) is 0 Å². The minimum absolute atomic E-state index is 0.0349. The molecule has 2 aromatic rings. The van der Waals surface area contributed by atoms with E-state index in [0.29, 0.717) is 19.0 Å². The molecule has 1 aliphatic carbocycles. The lowest BCUT2D eigenvalue weighted by Gasteiger charge is -2.42. The first kappa shape index (κ1) is 23.7. The molecule has 5 nitrogen and oxygen atoms in total. The van der Waals surface area contributed by atoms with E-state index in [-0.39, 0.29) is 17.4 Å². The van der Waals surface area contributed by atoms with Crippen molar-refractivity contribution < 1.29 is 10.2 Å². The number of fused-ring (bicyclic) bond motifs is 1. The van der Waals surface area contributed by atoms with Crippen molar-refractivity contribution in [1.82, 2.24) is 10.3 Å². The van der Waals surface area contributed by atoms with Crippen LogP contribution in [0.25, 0.3) is 11.3 Å². The zero-order valence-electron chi connectivity index (χ0n) is 20.0. The molecule has 1 aromatic carbocycles. The van der Waals surface area contributed by atoms with Crippen molar-refractivity contribution in [2.24, 2.45) is 0 Å². The van der Waals surface area contributed by atoms with Crippen LogP contribution in [-0.4, -0.2) is 53.6 Å². The highest BCUT2D eigenvalue weighted by molar-refractivity contribution is 7.14. The third kappa shape index (κ3) is 5.04. The number of nitrogens with one attached hydrogen (secondary N) is 1. The van der Waals surface area contributed by atoms with Gasteiger partial charge in [0.15, 0.2) is 5.13 Å². The molecule has 0 amide bonds. The van der Waals surface area contributed by atoms with E-state index in [9.17, 15) is 5.11 Å². The van der Waals surface area contributed by atoms with Crippen LogP contribution in [0.5, 0.6) is 0 Å². The standard InChI is InChI=1S/C26H39N3O2S/c1-25(2)10-11-26(3,4)22-15-18(5-6-21(22)25)23-17-32-24(28-23)29-12-7-19(8-13-29)27-16-20(31)9-14-30/h5-6,15,17,19-20,27,30-31H,7-14,16H2,1-4H3. The fourth-order valence-corrected chi connectivity index (χ4v) is 6.01. The summed E-state index contributed by atoms with van der Waals surface area (Å²) in [5, 5.41) is 25.5. The molecule has 1 atom stereocenters. The minimum atomic E-state index is -0.466. The van der Waals surface area contributed by atoms with E-state index in [4.69, 9.17) is 10.1 Å². The lowest BCUT2D eigenvalue weighted by Crippen LogP contribution is -2.44. The van der Waals surface area contributed by atoms with Gasteiger partial charge in [0.05, 0.1) is 11.8 Å². The number of aromatic nitrogens is 1. The molecule has 1 unspecified atom stereocenters. The number of nitrogens with zero attached hydrogens (tertiary/aromatic N) is 2. The fourth-order valence-electron chi connectivity index (χ4n) is 5.12. The van der Waals surface area contributed by atoms with Gasteiger partial charge in [0, 0.05) is 43.2 Å². The second-order valence-corrected chi connectivity index (χ2v) is 11.7. The van der Waals surface area contributed by atoms with Gasteiger partial charge in [0.1, 0.15) is 0 Å². The van der Waals surface area contributed by atoms with E-state index in [1.54, 1.807) is 11.3 Å². The number of aliphatic hydroxyl groups excluding tert-OH is 2. The van der Waals surface area contributed by atoms with Gasteiger partial charge in [-0.05, 0) is 60.1 Å². The van der Waals surface area contributed by atoms with E-state index in [1.165, 1.54) is 29.5 Å². The van der Waals surface area contributed by atoms with Crippen LogP contribution >= 0.6 is 11.3 Å². The van der Waals surface area contributed by atoms with Gasteiger partial charge < -0.3 is 20.4 Å². The first-order valence-corrected chi connectivity index (χ1v) is 13.0. The average molecular weight is 458 g/mol. The van der Waals surface area contributed by atoms with Crippen molar-refractivity contribution in [2.45, 2.75) is 82.8 Å². The summed E-state index contributed by atoms with van der Waals surface area (Å²) in [5.41, 5.74) is 5.73. The van der Waals surface area contributed by atoms with Gasteiger partial charge in [0.2, 0.25) is 0 Å². The monoisotopic (exact) mass is 457 g/mol. The Labute approximate surface area is 196 Å². The van der Waals surface area contributed by atoms with Crippen molar-refractivity contribution in [3.63, 3.8) is 0 Å². The summed E-state index contributed by atoms with van der Waals surface area (Å²) in [6.07, 6.45) is 4.51. The minimum Gasteiger partial charge on any atom is -0.396 e. The van der Waals surface area contributed by atoms with Crippen LogP contribution in [0.1, 0.15) is 70.9 Å². The molecule has 3 N–H and O–H groups in total. The van der Waals surface area contributed by atoms with Gasteiger partial charge >= 0.3 is 0 Å². The fraction of sp³-hybridized carbons (Fsp3) is 0.654.